The number of hydrogen-bond donors (Lipinski definition) is 0. The van der Waals surface area contributed by atoms with Gasteiger partial charge in [-0.2, -0.15) is 0 Å². The molecular weight excluding hydrogens is 268 g/mol. The first-order valence-corrected chi connectivity index (χ1v) is 7.65. The molecule has 0 spiro atoms. The normalized spacial score (nSPS) is 11.2. The first-order chi connectivity index (χ1) is 9.66. The van der Waals surface area contributed by atoms with Gasteiger partial charge in [-0.15, -0.1) is 0 Å². The summed E-state index contributed by atoms with van der Waals surface area (Å²) in [5.74, 6) is 0. The molecule has 2 nitrogen and oxygen atoms in total. The maximum Gasteiger partial charge on any atom is 0.0946 e. The van der Waals surface area contributed by atoms with Crippen LogP contribution in [0.3, 0.4) is 0 Å². The lowest BCUT2D eigenvalue weighted by Crippen LogP contribution is -2.13. The van der Waals surface area contributed by atoms with Crippen LogP contribution in [0.5, 0.6) is 0 Å². The van der Waals surface area contributed by atoms with Gasteiger partial charge in [0.2, 0.25) is 0 Å². The van der Waals surface area contributed by atoms with Gasteiger partial charge in [-0.05, 0) is 22.8 Å². The highest BCUT2D eigenvalue weighted by molar-refractivity contribution is 5.15. The van der Waals surface area contributed by atoms with Crippen LogP contribution in [0, 0.1) is 10.8 Å². The molecule has 0 aliphatic rings. The summed E-state index contributed by atoms with van der Waals surface area (Å²) in [6, 6.07) is 10.6. The van der Waals surface area contributed by atoms with Crippen molar-refractivity contribution in [3.05, 3.63) is 54.6 Å². The topological polar surface area (TPSA) is 17.8 Å². The second-order valence-electron chi connectivity index (χ2n) is 8.02. The molecule has 2 aromatic rings. The van der Waals surface area contributed by atoms with Crippen molar-refractivity contribution in [3.63, 3.8) is 0 Å². The highest BCUT2D eigenvalue weighted by Gasteiger charge is 2.10. The van der Waals surface area contributed by atoms with Crippen molar-refractivity contribution in [1.29, 1.82) is 0 Å². The Labute approximate surface area is 137 Å². The van der Waals surface area contributed by atoms with Crippen LogP contribution in [-0.2, 0) is 13.0 Å². The van der Waals surface area contributed by atoms with E-state index >= 15 is 0 Å². The molecular formula is C20H34N2. The van der Waals surface area contributed by atoms with Crippen LogP contribution in [0.2, 0.25) is 0 Å². The third kappa shape index (κ3) is 10.2. The number of nitrogens with zero attached hydrogens (tertiary/aromatic N) is 2. The molecule has 2 heteroatoms. The van der Waals surface area contributed by atoms with E-state index in [0.717, 1.165) is 13.0 Å². The quantitative estimate of drug-likeness (QED) is 0.681. The fourth-order valence-corrected chi connectivity index (χ4v) is 2.14. The fraction of sp³-hybridized carbons (Fsp3) is 0.550. The van der Waals surface area contributed by atoms with Crippen LogP contribution in [0.1, 0.15) is 54.5 Å². The van der Waals surface area contributed by atoms with Gasteiger partial charge in [0.1, 0.15) is 0 Å². The minimum Gasteiger partial charge on any atom is -0.337 e. The maximum absolute atomic E-state index is 3.97. The molecule has 0 fully saturated rings. The van der Waals surface area contributed by atoms with E-state index in [0.29, 0.717) is 10.8 Å². The number of aromatic nitrogens is 2. The van der Waals surface area contributed by atoms with Gasteiger partial charge in [-0.3, -0.25) is 0 Å². The van der Waals surface area contributed by atoms with Crippen molar-refractivity contribution in [2.45, 2.75) is 61.9 Å². The molecule has 0 N–H and O–H groups in total. The second kappa shape index (κ2) is 8.77. The van der Waals surface area contributed by atoms with E-state index in [-0.39, 0.29) is 7.43 Å². The van der Waals surface area contributed by atoms with Crippen molar-refractivity contribution < 1.29 is 0 Å². The zero-order valence-electron chi connectivity index (χ0n) is 14.4. The lowest BCUT2D eigenvalue weighted by atomic mass is 9.88. The molecule has 1 heterocycles. The van der Waals surface area contributed by atoms with Crippen molar-refractivity contribution in [1.82, 2.24) is 9.55 Å². The Morgan fingerprint density at radius 1 is 0.909 bits per heavy atom. The Kier molecular flexibility index (Phi) is 8.15. The molecule has 124 valence electrons. The summed E-state index contributed by atoms with van der Waals surface area (Å²) in [6.45, 7) is 14.5. The average Bonchev–Trinajstić information content (AvgIpc) is 2.79. The molecule has 0 saturated carbocycles. The number of imidazole rings is 1. The molecule has 0 amide bonds. The molecule has 22 heavy (non-hydrogen) atoms. The number of hydrogen-bond acceptors (Lipinski definition) is 1. The molecule has 0 radical (unpaired) electrons. The Hall–Kier alpha value is -1.57. The average molecular weight is 303 g/mol. The molecule has 1 aromatic carbocycles. The SMILES string of the molecule is C.CC(C)(C)Cc1ccccc1.CC(C)(C)Cn1ccnc1. The number of rotatable bonds is 2. The molecule has 0 unspecified atom stereocenters. The van der Waals surface area contributed by atoms with Gasteiger partial charge in [0.15, 0.2) is 0 Å². The van der Waals surface area contributed by atoms with Crippen LogP contribution in [0.4, 0.5) is 0 Å². The van der Waals surface area contributed by atoms with Gasteiger partial charge in [0.25, 0.3) is 0 Å². The first kappa shape index (κ1) is 20.4. The van der Waals surface area contributed by atoms with Crippen molar-refractivity contribution in [2.75, 3.05) is 0 Å². The van der Waals surface area contributed by atoms with Gasteiger partial charge in [-0.25, -0.2) is 4.98 Å². The van der Waals surface area contributed by atoms with Crippen molar-refractivity contribution >= 4 is 0 Å². The maximum atomic E-state index is 3.97. The Morgan fingerprint density at radius 2 is 1.50 bits per heavy atom. The molecule has 0 saturated heterocycles. The van der Waals surface area contributed by atoms with Crippen LogP contribution in [-0.4, -0.2) is 9.55 Å². The Bertz CT molecular complexity index is 485. The predicted molar refractivity (Wildman–Crippen MR) is 98.0 cm³/mol. The van der Waals surface area contributed by atoms with E-state index in [1.807, 2.05) is 18.7 Å². The third-order valence-corrected chi connectivity index (χ3v) is 2.79. The smallest absolute Gasteiger partial charge is 0.0946 e. The molecule has 0 aliphatic carbocycles. The molecule has 0 atom stereocenters. The Morgan fingerprint density at radius 3 is 1.91 bits per heavy atom. The lowest BCUT2D eigenvalue weighted by Gasteiger charge is -2.17. The fourth-order valence-electron chi connectivity index (χ4n) is 2.14. The summed E-state index contributed by atoms with van der Waals surface area (Å²) in [5.41, 5.74) is 2.18. The van der Waals surface area contributed by atoms with E-state index in [2.05, 4.69) is 81.4 Å². The minimum atomic E-state index is 0. The summed E-state index contributed by atoms with van der Waals surface area (Å²) >= 11 is 0. The van der Waals surface area contributed by atoms with Gasteiger partial charge >= 0.3 is 0 Å². The highest BCUT2D eigenvalue weighted by atomic mass is 15.0. The highest BCUT2D eigenvalue weighted by Crippen LogP contribution is 2.19. The second-order valence-corrected chi connectivity index (χ2v) is 8.02. The van der Waals surface area contributed by atoms with Crippen molar-refractivity contribution in [3.8, 4) is 0 Å². The van der Waals surface area contributed by atoms with Gasteiger partial charge in [-0.1, -0.05) is 79.3 Å². The largest absolute Gasteiger partial charge is 0.337 e. The zero-order valence-corrected chi connectivity index (χ0v) is 14.4. The van der Waals surface area contributed by atoms with Crippen LogP contribution < -0.4 is 0 Å². The van der Waals surface area contributed by atoms with E-state index in [1.165, 1.54) is 5.56 Å². The predicted octanol–water partition coefficient (Wildman–Crippen LogP) is 5.84. The third-order valence-electron chi connectivity index (χ3n) is 2.79. The van der Waals surface area contributed by atoms with Crippen LogP contribution in [0.15, 0.2) is 49.1 Å². The van der Waals surface area contributed by atoms with Gasteiger partial charge < -0.3 is 4.57 Å². The van der Waals surface area contributed by atoms with E-state index in [1.54, 1.807) is 0 Å². The van der Waals surface area contributed by atoms with E-state index in [4.69, 9.17) is 0 Å². The summed E-state index contributed by atoms with van der Waals surface area (Å²) < 4.78 is 2.10. The minimum absolute atomic E-state index is 0. The summed E-state index contributed by atoms with van der Waals surface area (Å²) in [5, 5.41) is 0. The van der Waals surface area contributed by atoms with Gasteiger partial charge in [0.05, 0.1) is 6.33 Å². The van der Waals surface area contributed by atoms with Crippen molar-refractivity contribution in [2.24, 2.45) is 10.8 Å². The summed E-state index contributed by atoms with van der Waals surface area (Å²) in [4.78, 5) is 3.97. The first-order valence-electron chi connectivity index (χ1n) is 7.65. The summed E-state index contributed by atoms with van der Waals surface area (Å²) in [7, 11) is 0. The van der Waals surface area contributed by atoms with Crippen LogP contribution >= 0.6 is 0 Å². The van der Waals surface area contributed by atoms with E-state index < -0.39 is 0 Å². The van der Waals surface area contributed by atoms with Gasteiger partial charge in [0, 0.05) is 18.9 Å². The molecule has 2 rings (SSSR count). The standard InChI is InChI=1S/C11H16.C8H14N2.CH4/c1-11(2,3)9-10-7-5-4-6-8-10;1-8(2,3)6-10-5-4-9-7-10;/h4-8H,9H2,1-3H3;4-5,7H,6H2,1-3H3;1H4. The Balaban J connectivity index is 0.000000385. The molecule has 0 bridgehead atoms. The molecule has 1 aromatic heterocycles. The summed E-state index contributed by atoms with van der Waals surface area (Å²) in [6.07, 6.45) is 6.82. The zero-order chi connectivity index (χ0) is 15.9. The monoisotopic (exact) mass is 302 g/mol. The lowest BCUT2D eigenvalue weighted by molar-refractivity contribution is 0.343. The number of benzene rings is 1. The van der Waals surface area contributed by atoms with Crippen LogP contribution in [0.25, 0.3) is 0 Å². The van der Waals surface area contributed by atoms with E-state index in [9.17, 15) is 0 Å². The molecule has 0 aliphatic heterocycles.